The highest BCUT2D eigenvalue weighted by Gasteiger charge is 2.30. The van der Waals surface area contributed by atoms with Crippen molar-refractivity contribution < 1.29 is 17.9 Å². The van der Waals surface area contributed by atoms with Crippen LogP contribution in [0, 0.1) is 0 Å². The Kier molecular flexibility index (Phi) is 6.19. The topological polar surface area (TPSA) is 21.3 Å². The maximum atomic E-state index is 13.2. The molecule has 0 aliphatic carbocycles. The molecule has 0 bridgehead atoms. The number of hydrogen-bond acceptors (Lipinski definition) is 2. The first kappa shape index (κ1) is 21.9. The van der Waals surface area contributed by atoms with Crippen LogP contribution in [0.5, 0.6) is 5.75 Å². The minimum atomic E-state index is -4.39. The fourth-order valence-corrected chi connectivity index (χ4v) is 3.96. The second-order valence-electron chi connectivity index (χ2n) is 7.78. The van der Waals surface area contributed by atoms with E-state index < -0.39 is 11.7 Å². The maximum absolute atomic E-state index is 13.2. The summed E-state index contributed by atoms with van der Waals surface area (Å²) in [6.45, 7) is 2.68. The third-order valence-electron chi connectivity index (χ3n) is 5.67. The number of halogens is 3. The lowest BCUT2D eigenvalue weighted by atomic mass is 9.98. The molecule has 2 nitrogen and oxygen atoms in total. The summed E-state index contributed by atoms with van der Waals surface area (Å²) in [7, 11) is 1.52. The van der Waals surface area contributed by atoms with Crippen LogP contribution in [0.25, 0.3) is 21.9 Å². The van der Waals surface area contributed by atoms with Gasteiger partial charge in [0.1, 0.15) is 5.75 Å². The van der Waals surface area contributed by atoms with Crippen molar-refractivity contribution in [3.05, 3.63) is 102 Å². The first-order valence-corrected chi connectivity index (χ1v) is 10.4. The van der Waals surface area contributed by atoms with Crippen LogP contribution in [-0.4, -0.2) is 7.11 Å². The van der Waals surface area contributed by atoms with Gasteiger partial charge in [0.05, 0.1) is 12.7 Å². The molecule has 32 heavy (non-hydrogen) atoms. The molecule has 0 radical (unpaired) electrons. The highest BCUT2D eigenvalue weighted by Crippen LogP contribution is 2.36. The van der Waals surface area contributed by atoms with Crippen molar-refractivity contribution in [2.75, 3.05) is 7.11 Å². The minimum absolute atomic E-state index is 0.0974. The van der Waals surface area contributed by atoms with Gasteiger partial charge < -0.3 is 10.1 Å². The molecule has 0 aliphatic rings. The van der Waals surface area contributed by atoms with Crippen molar-refractivity contribution in [1.82, 2.24) is 5.32 Å². The molecular formula is C27H24F3NO. The van der Waals surface area contributed by atoms with E-state index in [1.807, 2.05) is 24.3 Å². The number of nitrogens with one attached hydrogen (secondary N) is 1. The first-order valence-electron chi connectivity index (χ1n) is 10.4. The lowest BCUT2D eigenvalue weighted by molar-refractivity contribution is -0.137. The van der Waals surface area contributed by atoms with Crippen molar-refractivity contribution in [2.24, 2.45) is 0 Å². The van der Waals surface area contributed by atoms with E-state index in [2.05, 4.69) is 42.6 Å². The lowest BCUT2D eigenvalue weighted by Crippen LogP contribution is -2.18. The van der Waals surface area contributed by atoms with Crippen LogP contribution in [0.1, 0.15) is 29.7 Å². The molecule has 1 N–H and O–H groups in total. The summed E-state index contributed by atoms with van der Waals surface area (Å²) in [6.07, 6.45) is -4.39. The third kappa shape index (κ3) is 4.63. The van der Waals surface area contributed by atoms with Gasteiger partial charge in [-0.05, 0) is 58.7 Å². The Morgan fingerprint density at radius 2 is 1.62 bits per heavy atom. The number of benzene rings is 4. The van der Waals surface area contributed by atoms with Gasteiger partial charge >= 0.3 is 6.18 Å². The Hall–Kier alpha value is -3.31. The molecule has 4 aromatic carbocycles. The average Bonchev–Trinajstić information content (AvgIpc) is 2.81. The molecule has 164 valence electrons. The Bertz CT molecular complexity index is 1230. The van der Waals surface area contributed by atoms with Gasteiger partial charge in [-0.2, -0.15) is 13.2 Å². The normalized spacial score (nSPS) is 12.7. The van der Waals surface area contributed by atoms with E-state index in [4.69, 9.17) is 4.74 Å². The lowest BCUT2D eigenvalue weighted by Gasteiger charge is -2.18. The number of rotatable bonds is 6. The predicted molar refractivity (Wildman–Crippen MR) is 123 cm³/mol. The molecule has 0 unspecified atom stereocenters. The molecule has 0 aliphatic heterocycles. The summed E-state index contributed by atoms with van der Waals surface area (Å²) in [5, 5.41) is 5.93. The number of fused-ring (bicyclic) bond motifs is 1. The van der Waals surface area contributed by atoms with Crippen LogP contribution >= 0.6 is 0 Å². The summed E-state index contributed by atoms with van der Waals surface area (Å²) in [5.41, 5.74) is 2.60. The van der Waals surface area contributed by atoms with Crippen molar-refractivity contribution >= 4 is 10.8 Å². The van der Waals surface area contributed by atoms with E-state index in [-0.39, 0.29) is 6.04 Å². The number of alkyl halides is 3. The Balaban J connectivity index is 1.59. The standard InChI is InChI=1S/C27H24F3NO/c1-18(23-12-6-8-20-7-3-4-11-24(20)23)31-17-19-13-14-26(32-2)25(15-19)21-9-5-10-22(16-21)27(28,29)30/h3-16,18,31H,17H2,1-2H3/t18-/m1/s1. The molecule has 0 amide bonds. The zero-order chi connectivity index (χ0) is 22.7. The van der Waals surface area contributed by atoms with Gasteiger partial charge in [-0.25, -0.2) is 0 Å². The largest absolute Gasteiger partial charge is 0.496 e. The van der Waals surface area contributed by atoms with Gasteiger partial charge in [-0.15, -0.1) is 0 Å². The molecule has 0 fully saturated rings. The van der Waals surface area contributed by atoms with Gasteiger partial charge in [0, 0.05) is 18.2 Å². The molecule has 0 saturated heterocycles. The Morgan fingerprint density at radius 1 is 0.875 bits per heavy atom. The Morgan fingerprint density at radius 3 is 2.41 bits per heavy atom. The molecule has 1 atom stereocenters. The van der Waals surface area contributed by atoms with E-state index in [1.165, 1.54) is 29.5 Å². The smallest absolute Gasteiger partial charge is 0.416 e. The summed E-state index contributed by atoms with van der Waals surface area (Å²) < 4.78 is 45.0. The minimum Gasteiger partial charge on any atom is -0.496 e. The number of ether oxygens (including phenoxy) is 1. The maximum Gasteiger partial charge on any atom is 0.416 e. The van der Waals surface area contributed by atoms with E-state index in [9.17, 15) is 13.2 Å². The van der Waals surface area contributed by atoms with Crippen molar-refractivity contribution in [3.8, 4) is 16.9 Å². The van der Waals surface area contributed by atoms with Gasteiger partial charge in [0.15, 0.2) is 0 Å². The number of methoxy groups -OCH3 is 1. The second-order valence-corrected chi connectivity index (χ2v) is 7.78. The Labute approximate surface area is 185 Å². The van der Waals surface area contributed by atoms with Crippen molar-refractivity contribution in [3.63, 3.8) is 0 Å². The van der Waals surface area contributed by atoms with Crippen LogP contribution < -0.4 is 10.1 Å². The summed E-state index contributed by atoms with van der Waals surface area (Å²) >= 11 is 0. The zero-order valence-electron chi connectivity index (χ0n) is 17.9. The number of hydrogen-bond donors (Lipinski definition) is 1. The fraction of sp³-hybridized carbons (Fsp3) is 0.185. The molecule has 5 heteroatoms. The average molecular weight is 435 g/mol. The molecule has 0 heterocycles. The van der Waals surface area contributed by atoms with Crippen LogP contribution in [0.4, 0.5) is 13.2 Å². The monoisotopic (exact) mass is 435 g/mol. The zero-order valence-corrected chi connectivity index (χ0v) is 17.9. The van der Waals surface area contributed by atoms with Crippen molar-refractivity contribution in [1.29, 1.82) is 0 Å². The molecule has 0 aromatic heterocycles. The highest BCUT2D eigenvalue weighted by molar-refractivity contribution is 5.86. The van der Waals surface area contributed by atoms with Gasteiger partial charge in [-0.1, -0.05) is 60.7 Å². The van der Waals surface area contributed by atoms with Crippen LogP contribution in [0.2, 0.25) is 0 Å². The highest BCUT2D eigenvalue weighted by atomic mass is 19.4. The quantitative estimate of drug-likeness (QED) is 0.341. The fourth-order valence-electron chi connectivity index (χ4n) is 3.96. The molecule has 0 spiro atoms. The predicted octanol–water partition coefficient (Wildman–Crippen LogP) is 7.39. The van der Waals surface area contributed by atoms with Gasteiger partial charge in [-0.3, -0.25) is 0 Å². The SMILES string of the molecule is COc1ccc(CN[C@H](C)c2cccc3ccccc23)cc1-c1cccc(C(F)(F)F)c1. The second kappa shape index (κ2) is 9.05. The van der Waals surface area contributed by atoms with Crippen LogP contribution in [-0.2, 0) is 12.7 Å². The van der Waals surface area contributed by atoms with E-state index >= 15 is 0 Å². The summed E-state index contributed by atoms with van der Waals surface area (Å²) in [5.74, 6) is 0.537. The third-order valence-corrected chi connectivity index (χ3v) is 5.67. The molecule has 4 aromatic rings. The summed E-state index contributed by atoms with van der Waals surface area (Å²) in [6, 6.07) is 25.6. The van der Waals surface area contributed by atoms with Gasteiger partial charge in [0.25, 0.3) is 0 Å². The van der Waals surface area contributed by atoms with E-state index in [1.54, 1.807) is 12.1 Å². The molecular weight excluding hydrogens is 411 g/mol. The summed E-state index contributed by atoms with van der Waals surface area (Å²) in [4.78, 5) is 0. The van der Waals surface area contributed by atoms with E-state index in [0.29, 0.717) is 23.4 Å². The van der Waals surface area contributed by atoms with Gasteiger partial charge in [0.2, 0.25) is 0 Å². The van der Waals surface area contributed by atoms with Crippen LogP contribution in [0.3, 0.4) is 0 Å². The molecule has 0 saturated carbocycles. The van der Waals surface area contributed by atoms with E-state index in [0.717, 1.165) is 17.7 Å². The first-order chi connectivity index (χ1) is 15.4. The van der Waals surface area contributed by atoms with Crippen LogP contribution in [0.15, 0.2) is 84.9 Å². The molecule has 4 rings (SSSR count). The van der Waals surface area contributed by atoms with Crippen molar-refractivity contribution in [2.45, 2.75) is 25.7 Å².